The van der Waals surface area contributed by atoms with E-state index in [1.165, 1.54) is 32.6 Å². The SMILES string of the molecule is c1ccc(Nc2ccc(-c3nc4ccccc4c4c3ccc3c4c4ccccc4n3-c3ccccc3)cc2)cc1. The van der Waals surface area contributed by atoms with Gasteiger partial charge in [-0.3, -0.25) is 0 Å². The molecule has 0 radical (unpaired) electrons. The lowest BCUT2D eigenvalue weighted by molar-refractivity contribution is 1.18. The van der Waals surface area contributed by atoms with Crippen LogP contribution in [0.25, 0.3) is 60.4 Å². The fraction of sp³-hybridized carbons (Fsp3) is 0. The summed E-state index contributed by atoms with van der Waals surface area (Å²) in [5.74, 6) is 0. The fourth-order valence-electron chi connectivity index (χ4n) is 5.98. The normalized spacial score (nSPS) is 11.5. The Kier molecular flexibility index (Phi) is 5.14. The summed E-state index contributed by atoms with van der Waals surface area (Å²) in [6, 6.07) is 51.2. The molecule has 0 amide bonds. The second-order valence-electron chi connectivity index (χ2n) is 10.1. The van der Waals surface area contributed by atoms with Gasteiger partial charge in [-0.25, -0.2) is 4.98 Å². The molecule has 0 aliphatic carbocycles. The van der Waals surface area contributed by atoms with Crippen LogP contribution in [0.5, 0.6) is 0 Å². The molecule has 0 atom stereocenters. The molecule has 188 valence electrons. The number of para-hydroxylation sites is 4. The van der Waals surface area contributed by atoms with Crippen molar-refractivity contribution in [2.75, 3.05) is 5.32 Å². The zero-order chi connectivity index (χ0) is 26.5. The predicted molar refractivity (Wildman–Crippen MR) is 169 cm³/mol. The van der Waals surface area contributed by atoms with Crippen molar-refractivity contribution < 1.29 is 0 Å². The van der Waals surface area contributed by atoms with Crippen molar-refractivity contribution in [3.63, 3.8) is 0 Å². The second-order valence-corrected chi connectivity index (χ2v) is 10.1. The molecule has 8 rings (SSSR count). The monoisotopic (exact) mass is 511 g/mol. The molecule has 6 aromatic carbocycles. The molecule has 3 nitrogen and oxygen atoms in total. The summed E-state index contributed by atoms with van der Waals surface area (Å²) < 4.78 is 2.38. The number of fused-ring (bicyclic) bond motifs is 7. The van der Waals surface area contributed by atoms with Gasteiger partial charge in [0.15, 0.2) is 0 Å². The van der Waals surface area contributed by atoms with Crippen molar-refractivity contribution in [3.8, 4) is 16.9 Å². The molecule has 0 saturated heterocycles. The first kappa shape index (κ1) is 22.6. The molecular weight excluding hydrogens is 486 g/mol. The number of pyridine rings is 1. The van der Waals surface area contributed by atoms with E-state index in [1.807, 2.05) is 18.2 Å². The van der Waals surface area contributed by atoms with Crippen molar-refractivity contribution >= 4 is 54.9 Å². The first-order valence-corrected chi connectivity index (χ1v) is 13.6. The molecule has 0 aliphatic heterocycles. The minimum absolute atomic E-state index is 0.999. The predicted octanol–water partition coefficient (Wildman–Crippen LogP) is 9.90. The summed E-state index contributed by atoms with van der Waals surface area (Å²) in [5.41, 5.74) is 8.78. The molecule has 0 bridgehead atoms. The van der Waals surface area contributed by atoms with Gasteiger partial charge >= 0.3 is 0 Å². The van der Waals surface area contributed by atoms with Crippen molar-refractivity contribution in [2.24, 2.45) is 0 Å². The van der Waals surface area contributed by atoms with Gasteiger partial charge in [0.25, 0.3) is 0 Å². The van der Waals surface area contributed by atoms with Crippen LogP contribution in [0.4, 0.5) is 11.4 Å². The lowest BCUT2D eigenvalue weighted by Crippen LogP contribution is -1.94. The van der Waals surface area contributed by atoms with Crippen LogP contribution in [0.1, 0.15) is 0 Å². The lowest BCUT2D eigenvalue weighted by atomic mass is 9.96. The minimum atomic E-state index is 0.999. The number of hydrogen-bond donors (Lipinski definition) is 1. The van der Waals surface area contributed by atoms with E-state index in [9.17, 15) is 0 Å². The minimum Gasteiger partial charge on any atom is -0.356 e. The maximum absolute atomic E-state index is 5.21. The Hall–Kier alpha value is -5.41. The summed E-state index contributed by atoms with van der Waals surface area (Å²) in [6.07, 6.45) is 0. The van der Waals surface area contributed by atoms with Gasteiger partial charge in [0.05, 0.1) is 22.2 Å². The van der Waals surface area contributed by atoms with Gasteiger partial charge < -0.3 is 9.88 Å². The standard InChI is InChI=1S/C37H25N3/c1-3-11-26(12-4-1)38-27-21-19-25(20-22-27)37-31-23-24-34-36(35(31)29-15-7-9-17-32(29)39-37)30-16-8-10-18-33(30)40(34)28-13-5-2-6-14-28/h1-24,38H. The van der Waals surface area contributed by atoms with Gasteiger partial charge in [0.1, 0.15) is 0 Å². The van der Waals surface area contributed by atoms with E-state index in [0.29, 0.717) is 0 Å². The Morgan fingerprint density at radius 2 is 1.10 bits per heavy atom. The van der Waals surface area contributed by atoms with Crippen LogP contribution >= 0.6 is 0 Å². The Bertz CT molecular complexity index is 2160. The van der Waals surface area contributed by atoms with Gasteiger partial charge in [0.2, 0.25) is 0 Å². The van der Waals surface area contributed by atoms with E-state index in [4.69, 9.17) is 4.98 Å². The quantitative estimate of drug-likeness (QED) is 0.238. The Morgan fingerprint density at radius 1 is 0.450 bits per heavy atom. The Labute approximate surface area is 232 Å². The van der Waals surface area contributed by atoms with Gasteiger partial charge in [-0.1, -0.05) is 91.0 Å². The van der Waals surface area contributed by atoms with E-state index in [1.54, 1.807) is 0 Å². The maximum atomic E-state index is 5.21. The number of aromatic nitrogens is 2. The van der Waals surface area contributed by atoms with Crippen LogP contribution in [-0.2, 0) is 0 Å². The van der Waals surface area contributed by atoms with Crippen LogP contribution in [-0.4, -0.2) is 9.55 Å². The molecule has 2 aromatic heterocycles. The molecule has 1 N–H and O–H groups in total. The zero-order valence-corrected chi connectivity index (χ0v) is 21.8. The summed E-state index contributed by atoms with van der Waals surface area (Å²) in [4.78, 5) is 5.21. The van der Waals surface area contributed by atoms with Crippen molar-refractivity contribution in [2.45, 2.75) is 0 Å². The highest BCUT2D eigenvalue weighted by atomic mass is 15.0. The zero-order valence-electron chi connectivity index (χ0n) is 21.8. The van der Waals surface area contributed by atoms with Gasteiger partial charge in [-0.15, -0.1) is 0 Å². The van der Waals surface area contributed by atoms with E-state index in [-0.39, 0.29) is 0 Å². The van der Waals surface area contributed by atoms with E-state index in [2.05, 4.69) is 137 Å². The summed E-state index contributed by atoms with van der Waals surface area (Å²) in [5, 5.41) is 9.57. The Balaban J connectivity index is 1.41. The van der Waals surface area contributed by atoms with Crippen LogP contribution in [0.15, 0.2) is 146 Å². The molecule has 0 unspecified atom stereocenters. The third-order valence-corrected chi connectivity index (χ3v) is 7.73. The highest BCUT2D eigenvalue weighted by molar-refractivity contribution is 6.29. The molecule has 0 spiro atoms. The van der Waals surface area contributed by atoms with E-state index >= 15 is 0 Å². The summed E-state index contributed by atoms with van der Waals surface area (Å²) in [6.45, 7) is 0. The smallest absolute Gasteiger partial charge is 0.0788 e. The highest BCUT2D eigenvalue weighted by Crippen LogP contribution is 2.42. The number of hydrogen-bond acceptors (Lipinski definition) is 2. The van der Waals surface area contributed by atoms with Crippen molar-refractivity contribution in [1.29, 1.82) is 0 Å². The van der Waals surface area contributed by atoms with Gasteiger partial charge in [-0.05, 0) is 54.6 Å². The molecule has 8 aromatic rings. The van der Waals surface area contributed by atoms with Crippen molar-refractivity contribution in [3.05, 3.63) is 146 Å². The molecular formula is C37H25N3. The largest absolute Gasteiger partial charge is 0.356 e. The van der Waals surface area contributed by atoms with E-state index in [0.717, 1.165) is 39.2 Å². The number of nitrogens with one attached hydrogen (secondary N) is 1. The first-order valence-electron chi connectivity index (χ1n) is 13.6. The number of nitrogens with zero attached hydrogens (tertiary/aromatic N) is 2. The average Bonchev–Trinajstić information content (AvgIpc) is 3.36. The molecule has 3 heteroatoms. The van der Waals surface area contributed by atoms with Crippen molar-refractivity contribution in [1.82, 2.24) is 9.55 Å². The number of anilines is 2. The second kappa shape index (κ2) is 9.11. The number of benzene rings is 6. The van der Waals surface area contributed by atoms with Gasteiger partial charge in [-0.2, -0.15) is 0 Å². The summed E-state index contributed by atoms with van der Waals surface area (Å²) in [7, 11) is 0. The molecule has 0 fully saturated rings. The van der Waals surface area contributed by atoms with Crippen LogP contribution in [0, 0.1) is 0 Å². The van der Waals surface area contributed by atoms with Gasteiger partial charge in [0, 0.05) is 49.6 Å². The third kappa shape index (κ3) is 3.56. The first-order chi connectivity index (χ1) is 19.8. The topological polar surface area (TPSA) is 29.9 Å². The summed E-state index contributed by atoms with van der Waals surface area (Å²) >= 11 is 0. The fourth-order valence-corrected chi connectivity index (χ4v) is 5.98. The van der Waals surface area contributed by atoms with E-state index < -0.39 is 0 Å². The third-order valence-electron chi connectivity index (χ3n) is 7.73. The maximum Gasteiger partial charge on any atom is 0.0788 e. The molecule has 2 heterocycles. The van der Waals surface area contributed by atoms with Crippen LogP contribution in [0.3, 0.4) is 0 Å². The highest BCUT2D eigenvalue weighted by Gasteiger charge is 2.19. The Morgan fingerprint density at radius 3 is 1.90 bits per heavy atom. The average molecular weight is 512 g/mol. The van der Waals surface area contributed by atoms with Crippen LogP contribution < -0.4 is 5.32 Å². The molecule has 0 saturated carbocycles. The van der Waals surface area contributed by atoms with Crippen LogP contribution in [0.2, 0.25) is 0 Å². The lowest BCUT2D eigenvalue weighted by Gasteiger charge is -2.13. The molecule has 40 heavy (non-hydrogen) atoms. The molecule has 0 aliphatic rings. The number of rotatable bonds is 4.